The van der Waals surface area contributed by atoms with E-state index in [2.05, 4.69) is 99.4 Å². The minimum Gasteiger partial charge on any atom is -0.314 e. The predicted molar refractivity (Wildman–Crippen MR) is 104 cm³/mol. The van der Waals surface area contributed by atoms with Crippen molar-refractivity contribution in [2.75, 3.05) is 28.2 Å². The Morgan fingerprint density at radius 2 is 1.30 bits per heavy atom. The largest absolute Gasteiger partial charge is 0.314 e. The van der Waals surface area contributed by atoms with Gasteiger partial charge >= 0.3 is 0 Å². The summed E-state index contributed by atoms with van der Waals surface area (Å²) in [5.74, 6) is 0. The fourth-order valence-corrected chi connectivity index (χ4v) is 7.70. The van der Waals surface area contributed by atoms with E-state index < -0.39 is 8.40 Å². The second-order valence-corrected chi connectivity index (χ2v) is 11.1. The van der Waals surface area contributed by atoms with Gasteiger partial charge in [-0.3, -0.25) is 0 Å². The molecule has 0 saturated carbocycles. The number of hydrogen-bond acceptors (Lipinski definition) is 2. The van der Waals surface area contributed by atoms with Crippen molar-refractivity contribution < 1.29 is 0 Å². The highest BCUT2D eigenvalue weighted by Gasteiger charge is 2.39. The zero-order valence-electron chi connectivity index (χ0n) is 15.0. The minimum absolute atomic E-state index is 1.08. The molecule has 0 N–H and O–H groups in total. The van der Waals surface area contributed by atoms with Crippen LogP contribution >= 0.6 is 0 Å². The van der Waals surface area contributed by atoms with Crippen molar-refractivity contribution in [2.24, 2.45) is 0 Å². The highest BCUT2D eigenvalue weighted by atomic mass is 28.3. The Labute approximate surface area is 142 Å². The summed E-state index contributed by atoms with van der Waals surface area (Å²) in [6.45, 7) is 6.56. The van der Waals surface area contributed by atoms with E-state index in [1.807, 2.05) is 6.07 Å². The highest BCUT2D eigenvalue weighted by molar-refractivity contribution is 6.86. The van der Waals surface area contributed by atoms with Crippen molar-refractivity contribution in [3.05, 3.63) is 72.3 Å². The smallest absolute Gasteiger partial charge is 0.238 e. The summed E-state index contributed by atoms with van der Waals surface area (Å²) in [5.41, 5.74) is 3.45. The molecule has 0 fully saturated rings. The van der Waals surface area contributed by atoms with Crippen molar-refractivity contribution in [1.29, 1.82) is 0 Å². The van der Waals surface area contributed by atoms with Crippen molar-refractivity contribution in [3.63, 3.8) is 0 Å². The molecule has 0 spiro atoms. The summed E-state index contributed by atoms with van der Waals surface area (Å²) in [6, 6.07) is 20.6. The lowest BCUT2D eigenvalue weighted by molar-refractivity contribution is 0.494. The maximum atomic E-state index is 4.27. The fourth-order valence-electron chi connectivity index (χ4n) is 3.50. The topological polar surface area (TPSA) is 6.48 Å². The molecule has 0 saturated heterocycles. The van der Waals surface area contributed by atoms with Crippen LogP contribution in [0.15, 0.2) is 61.2 Å². The Morgan fingerprint density at radius 1 is 0.826 bits per heavy atom. The molecule has 0 aromatic heterocycles. The molecule has 0 aliphatic heterocycles. The van der Waals surface area contributed by atoms with Gasteiger partial charge in [-0.05, 0) is 56.1 Å². The molecule has 0 atom stereocenters. The maximum Gasteiger partial charge on any atom is 0.238 e. The van der Waals surface area contributed by atoms with Crippen molar-refractivity contribution >= 4 is 19.2 Å². The van der Waals surface area contributed by atoms with E-state index >= 15 is 0 Å². The number of hydrogen-bond donors (Lipinski definition) is 0. The summed E-state index contributed by atoms with van der Waals surface area (Å²) in [5, 5.41) is 1.44. The second kappa shape index (κ2) is 7.26. The lowest BCUT2D eigenvalue weighted by atomic mass is 10.00. The third-order valence-electron chi connectivity index (χ3n) is 4.79. The van der Waals surface area contributed by atoms with Gasteiger partial charge in [0.1, 0.15) is 0 Å². The average Bonchev–Trinajstić information content (AvgIpc) is 2.56. The van der Waals surface area contributed by atoms with Crippen molar-refractivity contribution in [3.8, 4) is 0 Å². The van der Waals surface area contributed by atoms with E-state index in [0.29, 0.717) is 0 Å². The van der Waals surface area contributed by atoms with E-state index in [1.54, 1.807) is 0 Å². The first-order valence-corrected chi connectivity index (χ1v) is 10.2. The van der Waals surface area contributed by atoms with Crippen LogP contribution in [0.4, 0.5) is 0 Å². The zero-order valence-corrected chi connectivity index (χ0v) is 16.0. The van der Waals surface area contributed by atoms with Gasteiger partial charge in [0, 0.05) is 0 Å². The van der Waals surface area contributed by atoms with Crippen LogP contribution in [0.3, 0.4) is 0 Å². The van der Waals surface area contributed by atoms with Gasteiger partial charge in [-0.15, -0.1) is 0 Å². The molecule has 2 rings (SSSR count). The maximum absolute atomic E-state index is 4.27. The van der Waals surface area contributed by atoms with Crippen LogP contribution < -0.4 is 5.19 Å². The van der Waals surface area contributed by atoms with E-state index in [4.69, 9.17) is 0 Å². The molecule has 2 aromatic rings. The Bertz CT molecular complexity index is 637. The quantitative estimate of drug-likeness (QED) is 0.750. The highest BCUT2D eigenvalue weighted by Crippen LogP contribution is 2.22. The van der Waals surface area contributed by atoms with Gasteiger partial charge in [0.25, 0.3) is 0 Å². The van der Waals surface area contributed by atoms with Crippen molar-refractivity contribution in [2.45, 2.75) is 13.0 Å². The molecule has 2 aromatic carbocycles. The van der Waals surface area contributed by atoms with E-state index in [1.165, 1.54) is 16.3 Å². The molecule has 0 unspecified atom stereocenters. The first kappa shape index (κ1) is 17.7. The molecule has 3 heteroatoms. The van der Waals surface area contributed by atoms with Crippen LogP contribution in [-0.2, 0) is 0 Å². The van der Waals surface area contributed by atoms with Gasteiger partial charge < -0.3 is 9.13 Å². The molecule has 122 valence electrons. The Morgan fingerprint density at radius 3 is 1.74 bits per heavy atom. The average molecular weight is 325 g/mol. The van der Waals surface area contributed by atoms with Gasteiger partial charge in [0.15, 0.2) is 0 Å². The summed E-state index contributed by atoms with van der Waals surface area (Å²) in [4.78, 5) is 0. The number of benzene rings is 2. The van der Waals surface area contributed by atoms with Gasteiger partial charge in [-0.2, -0.15) is 0 Å². The van der Waals surface area contributed by atoms with Crippen LogP contribution in [0.1, 0.15) is 18.1 Å². The SMILES string of the molecule is C=C(c1ccccc1)c1ccc([Si](CC)(N(C)C)N(C)C)cc1. The number of rotatable bonds is 6. The summed E-state index contributed by atoms with van der Waals surface area (Å²) < 4.78 is 4.85. The lowest BCUT2D eigenvalue weighted by Crippen LogP contribution is -2.68. The van der Waals surface area contributed by atoms with E-state index in [0.717, 1.165) is 11.6 Å². The van der Waals surface area contributed by atoms with Gasteiger partial charge in [0.05, 0.1) is 0 Å². The molecule has 0 amide bonds. The molecular weight excluding hydrogens is 296 g/mol. The molecule has 2 nitrogen and oxygen atoms in total. The lowest BCUT2D eigenvalue weighted by Gasteiger charge is -2.42. The summed E-state index contributed by atoms with van der Waals surface area (Å²) in [6.07, 6.45) is 0. The molecule has 0 radical (unpaired) electrons. The van der Waals surface area contributed by atoms with E-state index in [-0.39, 0.29) is 0 Å². The molecule has 0 heterocycles. The van der Waals surface area contributed by atoms with Gasteiger partial charge in [0.2, 0.25) is 8.40 Å². The summed E-state index contributed by atoms with van der Waals surface area (Å²) >= 11 is 0. The van der Waals surface area contributed by atoms with Crippen molar-refractivity contribution in [1.82, 2.24) is 9.13 Å². The van der Waals surface area contributed by atoms with Crippen LogP contribution in [0, 0.1) is 0 Å². The Kier molecular flexibility index (Phi) is 5.58. The first-order valence-electron chi connectivity index (χ1n) is 8.13. The summed E-state index contributed by atoms with van der Waals surface area (Å²) in [7, 11) is 7.00. The van der Waals surface area contributed by atoms with E-state index in [9.17, 15) is 0 Å². The molecule has 0 bridgehead atoms. The predicted octanol–water partition coefficient (Wildman–Crippen LogP) is 3.54. The fraction of sp³-hybridized carbons (Fsp3) is 0.300. The van der Waals surface area contributed by atoms with Crippen LogP contribution in [-0.4, -0.2) is 45.7 Å². The van der Waals surface area contributed by atoms with Gasteiger partial charge in [-0.1, -0.05) is 68.1 Å². The Balaban J connectivity index is 2.37. The Hall–Kier alpha value is -1.68. The third-order valence-corrected chi connectivity index (χ3v) is 9.99. The third kappa shape index (κ3) is 3.32. The molecular formula is C20H28N2Si. The standard InChI is InChI=1S/C20H28N2Si/c1-7-23(21(3)4,22(5)6)20-15-13-19(14-16-20)17(2)18-11-9-8-10-12-18/h8-16H,2,7H2,1,3-6H3. The van der Waals surface area contributed by atoms with Crippen LogP contribution in [0.5, 0.6) is 0 Å². The minimum atomic E-state index is -1.80. The number of nitrogens with zero attached hydrogens (tertiary/aromatic N) is 2. The van der Waals surface area contributed by atoms with Crippen LogP contribution in [0.25, 0.3) is 5.57 Å². The molecule has 23 heavy (non-hydrogen) atoms. The molecule has 0 aliphatic rings. The van der Waals surface area contributed by atoms with Crippen LogP contribution in [0.2, 0.25) is 6.04 Å². The monoisotopic (exact) mass is 324 g/mol. The zero-order chi connectivity index (χ0) is 17.0. The first-order chi connectivity index (χ1) is 10.9. The normalized spacial score (nSPS) is 12.0. The molecule has 0 aliphatic carbocycles. The van der Waals surface area contributed by atoms with Gasteiger partial charge in [-0.25, -0.2) is 0 Å². The second-order valence-electron chi connectivity index (χ2n) is 6.38.